The molecule has 1 amide bonds. The highest BCUT2D eigenvalue weighted by molar-refractivity contribution is 6.74. The Morgan fingerprint density at radius 1 is 1.00 bits per heavy atom. The summed E-state index contributed by atoms with van der Waals surface area (Å²) in [6.07, 6.45) is -0.0613. The maximum Gasteiger partial charge on any atom is 0.410 e. The number of amides is 1. The van der Waals surface area contributed by atoms with Gasteiger partial charge in [0.1, 0.15) is 16.9 Å². The van der Waals surface area contributed by atoms with Crippen LogP contribution in [-0.2, 0) is 20.3 Å². The number of carbonyl (C=O) groups is 2. The van der Waals surface area contributed by atoms with E-state index in [1.807, 2.05) is 75.4 Å². The van der Waals surface area contributed by atoms with Crippen LogP contribution in [0.4, 0.5) is 10.5 Å². The van der Waals surface area contributed by atoms with Crippen LogP contribution in [0.1, 0.15) is 69.1 Å². The van der Waals surface area contributed by atoms with Gasteiger partial charge in [-0.1, -0.05) is 56.6 Å². The van der Waals surface area contributed by atoms with Crippen LogP contribution in [0.3, 0.4) is 0 Å². The lowest BCUT2D eigenvalue weighted by atomic mass is 9.98. The minimum atomic E-state index is -2.23. The SMILES string of the molecule is COC(=O)c1cc(-c2cccc(NCCN(CC(O[Si](C)(C)C(C)(C)C)c3cccc(Cl)c3)C(=O)OC(C)(C)C)c2)cc2c1OCC2. The van der Waals surface area contributed by atoms with Gasteiger partial charge in [0.25, 0.3) is 0 Å². The molecule has 1 N–H and O–H groups in total. The van der Waals surface area contributed by atoms with Crippen LogP contribution in [0.25, 0.3) is 11.1 Å². The number of fused-ring (bicyclic) bond motifs is 1. The van der Waals surface area contributed by atoms with Crippen molar-refractivity contribution in [3.05, 3.63) is 82.4 Å². The molecule has 4 rings (SSSR count). The molecule has 8 nitrogen and oxygen atoms in total. The average molecular weight is 681 g/mol. The second kappa shape index (κ2) is 14.7. The third-order valence-electron chi connectivity index (χ3n) is 8.60. The first kappa shape index (κ1) is 36.3. The molecule has 0 aromatic heterocycles. The normalized spacial score (nSPS) is 13.7. The number of benzene rings is 3. The highest BCUT2D eigenvalue weighted by atomic mass is 35.5. The second-order valence-corrected chi connectivity index (χ2v) is 19.7. The molecule has 1 aliphatic heterocycles. The predicted octanol–water partition coefficient (Wildman–Crippen LogP) is 9.14. The summed E-state index contributed by atoms with van der Waals surface area (Å²) >= 11 is 6.42. The smallest absolute Gasteiger partial charge is 0.410 e. The summed E-state index contributed by atoms with van der Waals surface area (Å²) < 4.78 is 23.5. The number of carbonyl (C=O) groups excluding carboxylic acids is 2. The maximum atomic E-state index is 13.6. The molecule has 0 bridgehead atoms. The van der Waals surface area contributed by atoms with Crippen molar-refractivity contribution in [2.75, 3.05) is 38.7 Å². The van der Waals surface area contributed by atoms with Gasteiger partial charge in [-0.15, -0.1) is 0 Å². The van der Waals surface area contributed by atoms with E-state index in [-0.39, 0.29) is 5.04 Å². The van der Waals surface area contributed by atoms with E-state index in [4.69, 9.17) is 30.2 Å². The summed E-state index contributed by atoms with van der Waals surface area (Å²) in [7, 11) is -0.861. The molecule has 3 aromatic carbocycles. The molecule has 1 atom stereocenters. The van der Waals surface area contributed by atoms with Crippen molar-refractivity contribution in [3.63, 3.8) is 0 Å². The highest BCUT2D eigenvalue weighted by Crippen LogP contribution is 2.40. The van der Waals surface area contributed by atoms with Gasteiger partial charge in [-0.05, 0) is 97.6 Å². The number of nitrogens with zero attached hydrogens (tertiary/aromatic N) is 1. The fourth-order valence-corrected chi connectivity index (χ4v) is 6.59. The van der Waals surface area contributed by atoms with E-state index in [9.17, 15) is 9.59 Å². The van der Waals surface area contributed by atoms with Crippen molar-refractivity contribution in [2.24, 2.45) is 0 Å². The Morgan fingerprint density at radius 2 is 1.72 bits per heavy atom. The minimum Gasteiger partial charge on any atom is -0.492 e. The first-order valence-electron chi connectivity index (χ1n) is 16.1. The quantitative estimate of drug-likeness (QED) is 0.160. The van der Waals surface area contributed by atoms with Crippen molar-refractivity contribution in [1.82, 2.24) is 4.90 Å². The Kier molecular flexibility index (Phi) is 11.4. The van der Waals surface area contributed by atoms with Gasteiger partial charge in [0, 0.05) is 30.2 Å². The first-order chi connectivity index (χ1) is 22.0. The number of methoxy groups -OCH3 is 1. The van der Waals surface area contributed by atoms with E-state index in [1.165, 1.54) is 7.11 Å². The number of halogens is 1. The zero-order valence-electron chi connectivity index (χ0n) is 29.2. The molecule has 0 radical (unpaired) electrons. The number of hydrogen-bond acceptors (Lipinski definition) is 7. The van der Waals surface area contributed by atoms with Crippen molar-refractivity contribution < 1.29 is 28.2 Å². The predicted molar refractivity (Wildman–Crippen MR) is 191 cm³/mol. The lowest BCUT2D eigenvalue weighted by Gasteiger charge is -2.40. The molecule has 0 fully saturated rings. The Labute approximate surface area is 285 Å². The monoisotopic (exact) mass is 680 g/mol. The van der Waals surface area contributed by atoms with E-state index >= 15 is 0 Å². The third kappa shape index (κ3) is 9.52. The topological polar surface area (TPSA) is 86.3 Å². The summed E-state index contributed by atoms with van der Waals surface area (Å²) in [6, 6.07) is 19.5. The van der Waals surface area contributed by atoms with Gasteiger partial charge in [0.2, 0.25) is 0 Å². The molecule has 0 aliphatic carbocycles. The summed E-state index contributed by atoms with van der Waals surface area (Å²) in [5.41, 5.74) is 4.41. The molecule has 254 valence electrons. The summed E-state index contributed by atoms with van der Waals surface area (Å²) in [6.45, 7) is 18.3. The van der Waals surface area contributed by atoms with Crippen LogP contribution in [0.15, 0.2) is 60.7 Å². The maximum absolute atomic E-state index is 13.6. The van der Waals surface area contributed by atoms with Crippen LogP contribution in [0, 0.1) is 0 Å². The van der Waals surface area contributed by atoms with Crippen molar-refractivity contribution in [2.45, 2.75) is 77.8 Å². The summed E-state index contributed by atoms with van der Waals surface area (Å²) in [5.74, 6) is 0.181. The molecule has 1 heterocycles. The fourth-order valence-electron chi connectivity index (χ4n) is 5.11. The van der Waals surface area contributed by atoms with E-state index in [0.29, 0.717) is 42.6 Å². The fraction of sp³-hybridized carbons (Fsp3) is 0.459. The second-order valence-electron chi connectivity index (χ2n) is 14.5. The first-order valence-corrected chi connectivity index (χ1v) is 19.4. The summed E-state index contributed by atoms with van der Waals surface area (Å²) in [5, 5.41) is 4.07. The lowest BCUT2D eigenvalue weighted by Crippen LogP contribution is -2.46. The summed E-state index contributed by atoms with van der Waals surface area (Å²) in [4.78, 5) is 27.8. The highest BCUT2D eigenvalue weighted by Gasteiger charge is 2.40. The van der Waals surface area contributed by atoms with Crippen LogP contribution < -0.4 is 10.1 Å². The van der Waals surface area contributed by atoms with Crippen LogP contribution in [-0.4, -0.2) is 64.2 Å². The number of ether oxygens (including phenoxy) is 3. The van der Waals surface area contributed by atoms with Gasteiger partial charge in [-0.25, -0.2) is 9.59 Å². The van der Waals surface area contributed by atoms with E-state index in [1.54, 1.807) is 4.90 Å². The molecule has 1 unspecified atom stereocenters. The van der Waals surface area contributed by atoms with Gasteiger partial charge in [0.05, 0.1) is 26.4 Å². The minimum absolute atomic E-state index is 0.0311. The van der Waals surface area contributed by atoms with Crippen molar-refractivity contribution >= 4 is 37.7 Å². The van der Waals surface area contributed by atoms with Gasteiger partial charge < -0.3 is 28.9 Å². The molecule has 47 heavy (non-hydrogen) atoms. The molecule has 3 aromatic rings. The van der Waals surface area contributed by atoms with E-state index < -0.39 is 32.1 Å². The average Bonchev–Trinajstić information content (AvgIpc) is 3.47. The van der Waals surface area contributed by atoms with Crippen LogP contribution >= 0.6 is 11.6 Å². The number of rotatable bonds is 11. The molecule has 0 saturated heterocycles. The Bertz CT molecular complexity index is 1580. The molecule has 0 saturated carbocycles. The van der Waals surface area contributed by atoms with Crippen LogP contribution in [0.2, 0.25) is 23.2 Å². The van der Waals surface area contributed by atoms with E-state index in [2.05, 4.69) is 45.2 Å². The number of esters is 1. The molecule has 0 spiro atoms. The zero-order valence-corrected chi connectivity index (χ0v) is 30.9. The lowest BCUT2D eigenvalue weighted by molar-refractivity contribution is 0.0165. The third-order valence-corrected chi connectivity index (χ3v) is 13.3. The Balaban J connectivity index is 1.56. The standard InChI is InChI=1S/C37H49ClN2O6Si/c1-36(2,3)45-35(42)40(24-32(26-13-10-14-29(38)21-26)46-47(8,9)37(4,5)6)18-17-39-30-15-11-12-25(22-30)28-20-27-16-19-44-33(27)31(23-28)34(41)43-7/h10-15,20-23,32,39H,16-19,24H2,1-9H3. The largest absolute Gasteiger partial charge is 0.492 e. The van der Waals surface area contributed by atoms with Gasteiger partial charge in [-0.3, -0.25) is 0 Å². The number of nitrogens with one attached hydrogen (secondary N) is 1. The van der Waals surface area contributed by atoms with Crippen molar-refractivity contribution in [3.8, 4) is 16.9 Å². The Hall–Kier alpha value is -3.53. The van der Waals surface area contributed by atoms with E-state index in [0.717, 1.165) is 34.4 Å². The molecular formula is C37H49ClN2O6Si. The number of hydrogen-bond donors (Lipinski definition) is 1. The Morgan fingerprint density at radius 3 is 2.38 bits per heavy atom. The molecular weight excluding hydrogens is 632 g/mol. The zero-order chi connectivity index (χ0) is 34.6. The van der Waals surface area contributed by atoms with Gasteiger partial charge in [-0.2, -0.15) is 0 Å². The molecule has 10 heteroatoms. The number of anilines is 1. The molecule has 1 aliphatic rings. The van der Waals surface area contributed by atoms with Crippen LogP contribution in [0.5, 0.6) is 5.75 Å². The van der Waals surface area contributed by atoms with Gasteiger partial charge in [0.15, 0.2) is 8.32 Å². The van der Waals surface area contributed by atoms with Crippen molar-refractivity contribution in [1.29, 1.82) is 0 Å². The van der Waals surface area contributed by atoms with Gasteiger partial charge >= 0.3 is 12.1 Å².